The zero-order valence-electron chi connectivity index (χ0n) is 20.2. The van der Waals surface area contributed by atoms with Gasteiger partial charge in [-0.3, -0.25) is 14.6 Å². The van der Waals surface area contributed by atoms with Crippen LogP contribution >= 0.6 is 11.6 Å². The monoisotopic (exact) mass is 482 g/mol. The smallest absolute Gasteiger partial charge is 0.210 e. The van der Waals surface area contributed by atoms with Gasteiger partial charge in [-0.25, -0.2) is 0 Å². The van der Waals surface area contributed by atoms with Gasteiger partial charge in [0.15, 0.2) is 0 Å². The maximum atomic E-state index is 11.9. The highest BCUT2D eigenvalue weighted by atomic mass is 35.5. The van der Waals surface area contributed by atoms with Crippen molar-refractivity contribution in [2.45, 2.75) is 19.0 Å². The number of nitrogens with one attached hydrogen (secondary N) is 1. The van der Waals surface area contributed by atoms with Gasteiger partial charge in [-0.2, -0.15) is 0 Å². The van der Waals surface area contributed by atoms with Crippen molar-refractivity contribution in [3.63, 3.8) is 0 Å². The van der Waals surface area contributed by atoms with Crippen LogP contribution in [0, 0.1) is 0 Å². The van der Waals surface area contributed by atoms with Crippen LogP contribution in [0.15, 0.2) is 48.5 Å². The Kier molecular flexibility index (Phi) is 8.62. The molecule has 1 amide bonds. The summed E-state index contributed by atoms with van der Waals surface area (Å²) in [4.78, 5) is 18.8. The van der Waals surface area contributed by atoms with Crippen LogP contribution in [0.25, 0.3) is 5.57 Å². The SMILES string of the molecule is CNc1ccc(Cl)cc1C1=CC(c2cccc(CN3CCN(CCOC)CC3)c2)N(C=O)CC1. The highest BCUT2D eigenvalue weighted by Crippen LogP contribution is 2.36. The minimum atomic E-state index is -0.0872. The van der Waals surface area contributed by atoms with E-state index in [2.05, 4.69) is 45.5 Å². The topological polar surface area (TPSA) is 48.0 Å². The number of hydrogen-bond donors (Lipinski definition) is 1. The lowest BCUT2D eigenvalue weighted by Gasteiger charge is -2.35. The second kappa shape index (κ2) is 11.8. The number of hydrogen-bond acceptors (Lipinski definition) is 5. The number of benzene rings is 2. The quantitative estimate of drug-likeness (QED) is 0.544. The molecule has 1 unspecified atom stereocenters. The second-order valence-corrected chi connectivity index (χ2v) is 9.46. The molecule has 2 heterocycles. The highest BCUT2D eigenvalue weighted by molar-refractivity contribution is 6.30. The molecule has 2 aromatic rings. The molecule has 34 heavy (non-hydrogen) atoms. The molecule has 1 fully saturated rings. The summed E-state index contributed by atoms with van der Waals surface area (Å²) in [5.74, 6) is 0. The predicted octanol–water partition coefficient (Wildman–Crippen LogP) is 4.13. The van der Waals surface area contributed by atoms with Gasteiger partial charge in [-0.15, -0.1) is 0 Å². The largest absolute Gasteiger partial charge is 0.388 e. The number of nitrogens with zero attached hydrogens (tertiary/aromatic N) is 3. The van der Waals surface area contributed by atoms with E-state index in [-0.39, 0.29) is 6.04 Å². The average Bonchev–Trinajstić information content (AvgIpc) is 2.88. The molecule has 0 aromatic heterocycles. The van der Waals surface area contributed by atoms with Crippen molar-refractivity contribution in [1.29, 1.82) is 0 Å². The minimum Gasteiger partial charge on any atom is -0.388 e. The van der Waals surface area contributed by atoms with Gasteiger partial charge in [-0.05, 0) is 41.3 Å². The summed E-state index contributed by atoms with van der Waals surface area (Å²) in [6.07, 6.45) is 4.00. The Bertz CT molecular complexity index is 1000. The molecular formula is C27H35ClN4O2. The Morgan fingerprint density at radius 3 is 2.62 bits per heavy atom. The Hall–Kier alpha value is -2.38. The van der Waals surface area contributed by atoms with E-state index in [1.54, 1.807) is 7.11 Å². The Labute approximate surface area is 208 Å². The van der Waals surface area contributed by atoms with E-state index in [0.717, 1.165) is 75.5 Å². The van der Waals surface area contributed by atoms with E-state index in [0.29, 0.717) is 11.6 Å². The average molecular weight is 483 g/mol. The number of piperazine rings is 1. The third-order valence-electron chi connectivity index (χ3n) is 6.86. The van der Waals surface area contributed by atoms with Crippen molar-refractivity contribution in [1.82, 2.24) is 14.7 Å². The minimum absolute atomic E-state index is 0.0872. The first-order valence-corrected chi connectivity index (χ1v) is 12.4. The maximum absolute atomic E-state index is 11.9. The van der Waals surface area contributed by atoms with Crippen LogP contribution in [-0.4, -0.2) is 81.1 Å². The first-order chi connectivity index (χ1) is 16.6. The first-order valence-electron chi connectivity index (χ1n) is 12.0. The van der Waals surface area contributed by atoms with Gasteiger partial charge >= 0.3 is 0 Å². The number of methoxy groups -OCH3 is 1. The molecule has 1 atom stereocenters. The Balaban J connectivity index is 1.51. The fraction of sp³-hybridized carbons (Fsp3) is 0.444. The molecule has 2 aliphatic heterocycles. The standard InChI is InChI=1S/C27H35ClN4O2/c1-29-26-7-6-24(28)18-25(26)22-8-9-32(20-33)27(17-22)23-5-3-4-21(16-23)19-31-12-10-30(11-13-31)14-15-34-2/h3-7,16-18,20,27,29H,8-15,19H2,1-2H3. The third-order valence-corrected chi connectivity index (χ3v) is 7.10. The van der Waals surface area contributed by atoms with Crippen molar-refractivity contribution in [2.24, 2.45) is 0 Å². The zero-order valence-corrected chi connectivity index (χ0v) is 20.9. The summed E-state index contributed by atoms with van der Waals surface area (Å²) in [7, 11) is 3.68. The van der Waals surface area contributed by atoms with Gasteiger partial charge in [0.05, 0.1) is 12.6 Å². The van der Waals surface area contributed by atoms with E-state index >= 15 is 0 Å². The normalized spacial score (nSPS) is 19.7. The third kappa shape index (κ3) is 5.99. The molecule has 2 aromatic carbocycles. The van der Waals surface area contributed by atoms with Crippen LogP contribution in [0.4, 0.5) is 5.69 Å². The van der Waals surface area contributed by atoms with Crippen LogP contribution in [0.3, 0.4) is 0 Å². The van der Waals surface area contributed by atoms with Crippen LogP contribution in [0.2, 0.25) is 5.02 Å². The van der Waals surface area contributed by atoms with Gasteiger partial charge in [-0.1, -0.05) is 41.9 Å². The molecule has 4 rings (SSSR count). The molecule has 182 valence electrons. The van der Waals surface area contributed by atoms with Gasteiger partial charge < -0.3 is 15.0 Å². The number of amides is 1. The molecule has 0 saturated carbocycles. The number of halogens is 1. The van der Waals surface area contributed by atoms with E-state index in [9.17, 15) is 4.79 Å². The Morgan fingerprint density at radius 2 is 1.88 bits per heavy atom. The summed E-state index contributed by atoms with van der Waals surface area (Å²) < 4.78 is 5.21. The maximum Gasteiger partial charge on any atom is 0.210 e. The van der Waals surface area contributed by atoms with Crippen molar-refractivity contribution >= 4 is 29.3 Å². The molecule has 0 radical (unpaired) electrons. The highest BCUT2D eigenvalue weighted by Gasteiger charge is 2.25. The molecule has 1 N–H and O–H groups in total. The summed E-state index contributed by atoms with van der Waals surface area (Å²) in [5.41, 5.74) is 5.80. The number of anilines is 1. The van der Waals surface area contributed by atoms with Gasteiger partial charge in [0.25, 0.3) is 0 Å². The van der Waals surface area contributed by atoms with E-state index < -0.39 is 0 Å². The number of carbonyl (C=O) groups is 1. The summed E-state index contributed by atoms with van der Waals surface area (Å²) in [6.45, 7) is 7.66. The molecule has 7 heteroatoms. The summed E-state index contributed by atoms with van der Waals surface area (Å²) >= 11 is 6.31. The van der Waals surface area contributed by atoms with E-state index in [1.165, 1.54) is 11.1 Å². The zero-order chi connectivity index (χ0) is 23.9. The molecular weight excluding hydrogens is 448 g/mol. The summed E-state index contributed by atoms with van der Waals surface area (Å²) in [5, 5.41) is 3.99. The lowest BCUT2D eigenvalue weighted by Crippen LogP contribution is -2.46. The fourth-order valence-corrected chi connectivity index (χ4v) is 5.09. The van der Waals surface area contributed by atoms with Crippen LogP contribution in [0.1, 0.15) is 29.2 Å². The summed E-state index contributed by atoms with van der Waals surface area (Å²) in [6, 6.07) is 14.5. The van der Waals surface area contributed by atoms with Crippen molar-refractivity contribution < 1.29 is 9.53 Å². The van der Waals surface area contributed by atoms with Crippen molar-refractivity contribution in [3.8, 4) is 0 Å². The van der Waals surface area contributed by atoms with Crippen LogP contribution in [-0.2, 0) is 16.1 Å². The predicted molar refractivity (Wildman–Crippen MR) is 139 cm³/mol. The molecule has 0 bridgehead atoms. The van der Waals surface area contributed by atoms with Gasteiger partial charge in [0, 0.05) is 76.2 Å². The molecule has 6 nitrogen and oxygen atoms in total. The molecule has 1 saturated heterocycles. The Morgan fingerprint density at radius 1 is 1.09 bits per heavy atom. The lowest BCUT2D eigenvalue weighted by atomic mass is 9.91. The number of ether oxygens (including phenoxy) is 1. The molecule has 0 spiro atoms. The van der Waals surface area contributed by atoms with Crippen LogP contribution < -0.4 is 5.32 Å². The van der Waals surface area contributed by atoms with E-state index in [4.69, 9.17) is 16.3 Å². The molecule has 0 aliphatic carbocycles. The number of rotatable bonds is 9. The van der Waals surface area contributed by atoms with Crippen molar-refractivity contribution in [2.75, 3.05) is 65.3 Å². The second-order valence-electron chi connectivity index (χ2n) is 9.03. The lowest BCUT2D eigenvalue weighted by molar-refractivity contribution is -0.119. The first kappa shape index (κ1) is 24.7. The van der Waals surface area contributed by atoms with Crippen LogP contribution in [0.5, 0.6) is 0 Å². The van der Waals surface area contributed by atoms with Gasteiger partial charge in [0.1, 0.15) is 0 Å². The van der Waals surface area contributed by atoms with Gasteiger partial charge in [0.2, 0.25) is 6.41 Å². The number of carbonyl (C=O) groups excluding carboxylic acids is 1. The fourth-order valence-electron chi connectivity index (χ4n) is 4.91. The van der Waals surface area contributed by atoms with E-state index in [1.807, 2.05) is 30.1 Å². The molecule has 2 aliphatic rings. The van der Waals surface area contributed by atoms with Crippen molar-refractivity contribution in [3.05, 3.63) is 70.3 Å².